The summed E-state index contributed by atoms with van der Waals surface area (Å²) in [7, 11) is 1.71. The van der Waals surface area contributed by atoms with Crippen LogP contribution >= 0.6 is 12.0 Å². The molecule has 0 saturated heterocycles. The van der Waals surface area contributed by atoms with Gasteiger partial charge in [-0.15, -0.1) is 0 Å². The maximum atomic E-state index is 9.52. The minimum Gasteiger partial charge on any atom is -0.506 e. The summed E-state index contributed by atoms with van der Waals surface area (Å²) in [6.07, 6.45) is 0. The highest BCUT2D eigenvalue weighted by molar-refractivity contribution is 7.94. The summed E-state index contributed by atoms with van der Waals surface area (Å²) >= 11 is 0.832. The highest BCUT2D eigenvalue weighted by Crippen LogP contribution is 2.32. The molecule has 72 valence electrons. The topological polar surface area (TPSA) is 61.7 Å². The fourth-order valence-corrected chi connectivity index (χ4v) is 1.51. The van der Waals surface area contributed by atoms with Gasteiger partial charge in [-0.25, -0.2) is 5.26 Å². The van der Waals surface area contributed by atoms with Gasteiger partial charge in [0.1, 0.15) is 5.75 Å². The molecule has 4 nitrogen and oxygen atoms in total. The first-order chi connectivity index (χ1) is 6.19. The second kappa shape index (κ2) is 4.36. The Labute approximate surface area is 80.7 Å². The summed E-state index contributed by atoms with van der Waals surface area (Å²) in [6.45, 7) is 1.78. The third-order valence-corrected chi connectivity index (χ3v) is 2.18. The smallest absolute Gasteiger partial charge is 0.141 e. The van der Waals surface area contributed by atoms with Crippen molar-refractivity contribution < 1.29 is 14.7 Å². The average Bonchev–Trinajstić information content (AvgIpc) is 2.11. The van der Waals surface area contributed by atoms with Gasteiger partial charge in [-0.2, -0.15) is 4.33 Å². The first-order valence-electron chi connectivity index (χ1n) is 3.68. The molecule has 0 aliphatic rings. The van der Waals surface area contributed by atoms with Crippen LogP contribution < -0.4 is 5.32 Å². The van der Waals surface area contributed by atoms with E-state index in [1.807, 2.05) is 0 Å². The lowest BCUT2D eigenvalue weighted by Gasteiger charge is -2.08. The van der Waals surface area contributed by atoms with Crippen molar-refractivity contribution in [2.24, 2.45) is 0 Å². The van der Waals surface area contributed by atoms with Crippen LogP contribution in [-0.2, 0) is 4.33 Å². The van der Waals surface area contributed by atoms with E-state index in [1.54, 1.807) is 26.1 Å². The largest absolute Gasteiger partial charge is 0.506 e. The Bertz CT molecular complexity index is 304. The number of aryl methyl sites for hydroxylation is 1. The van der Waals surface area contributed by atoms with E-state index in [9.17, 15) is 5.11 Å². The van der Waals surface area contributed by atoms with Gasteiger partial charge in [0, 0.05) is 11.9 Å². The van der Waals surface area contributed by atoms with Crippen molar-refractivity contribution in [1.29, 1.82) is 0 Å². The van der Waals surface area contributed by atoms with Crippen LogP contribution in [0.3, 0.4) is 0 Å². The van der Waals surface area contributed by atoms with Crippen LogP contribution in [0, 0.1) is 6.92 Å². The van der Waals surface area contributed by atoms with Gasteiger partial charge in [-0.05, 0) is 24.6 Å². The number of nitrogens with one attached hydrogen (secondary N) is 1. The van der Waals surface area contributed by atoms with Crippen LogP contribution in [0.15, 0.2) is 17.0 Å². The Morgan fingerprint density at radius 1 is 1.46 bits per heavy atom. The molecule has 0 saturated carbocycles. The molecule has 3 N–H and O–H groups in total. The van der Waals surface area contributed by atoms with E-state index in [0.717, 1.165) is 22.5 Å². The maximum Gasteiger partial charge on any atom is 0.141 e. The predicted octanol–water partition coefficient (Wildman–Crippen LogP) is 2.24. The van der Waals surface area contributed by atoms with E-state index < -0.39 is 0 Å². The van der Waals surface area contributed by atoms with Crippen molar-refractivity contribution in [2.75, 3.05) is 12.4 Å². The Morgan fingerprint density at radius 3 is 2.69 bits per heavy atom. The van der Waals surface area contributed by atoms with Crippen LogP contribution in [0.4, 0.5) is 5.69 Å². The molecule has 1 aromatic carbocycles. The molecule has 1 rings (SSSR count). The Kier molecular flexibility index (Phi) is 3.41. The monoisotopic (exact) mass is 201 g/mol. The van der Waals surface area contributed by atoms with E-state index in [0.29, 0.717) is 5.69 Å². The SMILES string of the molecule is CNc1cc(SOO)cc(C)c1O. The van der Waals surface area contributed by atoms with Gasteiger partial charge in [0.05, 0.1) is 17.7 Å². The predicted molar refractivity (Wildman–Crippen MR) is 52.0 cm³/mol. The number of hydrogen-bond donors (Lipinski definition) is 3. The van der Waals surface area contributed by atoms with Crippen LogP contribution in [0.1, 0.15) is 5.56 Å². The van der Waals surface area contributed by atoms with E-state index >= 15 is 0 Å². The third kappa shape index (κ3) is 2.27. The zero-order valence-electron chi connectivity index (χ0n) is 7.37. The molecular weight excluding hydrogens is 190 g/mol. The molecule has 0 heterocycles. The lowest BCUT2D eigenvalue weighted by atomic mass is 10.2. The summed E-state index contributed by atoms with van der Waals surface area (Å²) in [5, 5.41) is 20.6. The number of aromatic hydroxyl groups is 1. The van der Waals surface area contributed by atoms with Crippen LogP contribution in [0.25, 0.3) is 0 Å². The lowest BCUT2D eigenvalue weighted by molar-refractivity contribution is -0.116. The second-order valence-electron chi connectivity index (χ2n) is 2.54. The molecule has 13 heavy (non-hydrogen) atoms. The Morgan fingerprint density at radius 2 is 2.15 bits per heavy atom. The molecular formula is C8H11NO3S. The van der Waals surface area contributed by atoms with Gasteiger partial charge in [0.15, 0.2) is 0 Å². The summed E-state index contributed by atoms with van der Waals surface area (Å²) in [4.78, 5) is 0.724. The molecule has 0 unspecified atom stereocenters. The summed E-state index contributed by atoms with van der Waals surface area (Å²) < 4.78 is 3.93. The summed E-state index contributed by atoms with van der Waals surface area (Å²) in [5.74, 6) is 0.213. The Balaban J connectivity index is 3.06. The minimum atomic E-state index is 0.213. The molecule has 0 aliphatic heterocycles. The first-order valence-corrected chi connectivity index (χ1v) is 4.42. The van der Waals surface area contributed by atoms with Crippen molar-refractivity contribution in [3.63, 3.8) is 0 Å². The Hall–Kier alpha value is -0.910. The van der Waals surface area contributed by atoms with E-state index in [2.05, 4.69) is 9.65 Å². The van der Waals surface area contributed by atoms with Crippen LogP contribution in [-0.4, -0.2) is 17.4 Å². The molecule has 0 aromatic heterocycles. The molecule has 5 heteroatoms. The van der Waals surface area contributed by atoms with Crippen LogP contribution in [0.2, 0.25) is 0 Å². The molecule has 0 aliphatic carbocycles. The van der Waals surface area contributed by atoms with Gasteiger partial charge in [-0.3, -0.25) is 0 Å². The third-order valence-electron chi connectivity index (χ3n) is 1.68. The van der Waals surface area contributed by atoms with Gasteiger partial charge in [0.25, 0.3) is 0 Å². The zero-order chi connectivity index (χ0) is 9.84. The molecule has 0 radical (unpaired) electrons. The van der Waals surface area contributed by atoms with E-state index in [1.165, 1.54) is 0 Å². The summed E-state index contributed by atoms with van der Waals surface area (Å²) in [6, 6.07) is 3.40. The van der Waals surface area contributed by atoms with Gasteiger partial charge in [0.2, 0.25) is 0 Å². The molecule has 0 spiro atoms. The van der Waals surface area contributed by atoms with Gasteiger partial charge < -0.3 is 10.4 Å². The number of anilines is 1. The maximum absolute atomic E-state index is 9.52. The molecule has 0 atom stereocenters. The highest BCUT2D eigenvalue weighted by Gasteiger charge is 2.06. The van der Waals surface area contributed by atoms with E-state index in [-0.39, 0.29) is 5.75 Å². The van der Waals surface area contributed by atoms with Crippen molar-refractivity contribution in [2.45, 2.75) is 11.8 Å². The quantitative estimate of drug-likeness (QED) is 0.303. The fraction of sp³-hybridized carbons (Fsp3) is 0.250. The van der Waals surface area contributed by atoms with Crippen LogP contribution in [0.5, 0.6) is 5.75 Å². The number of phenols is 1. The standard InChI is InChI=1S/C8H11NO3S/c1-5-3-6(13-12-11)4-7(9-2)8(5)10/h3-4,9-11H,1-2H3. The molecule has 0 fully saturated rings. The minimum absolute atomic E-state index is 0.213. The number of hydrogen-bond acceptors (Lipinski definition) is 5. The molecule has 0 amide bonds. The van der Waals surface area contributed by atoms with Gasteiger partial charge >= 0.3 is 0 Å². The summed E-state index contributed by atoms with van der Waals surface area (Å²) in [5.41, 5.74) is 1.34. The number of benzene rings is 1. The number of phenolic OH excluding ortho intramolecular Hbond substituents is 1. The second-order valence-corrected chi connectivity index (χ2v) is 3.33. The first kappa shape index (κ1) is 10.2. The van der Waals surface area contributed by atoms with E-state index in [4.69, 9.17) is 5.26 Å². The average molecular weight is 201 g/mol. The lowest BCUT2D eigenvalue weighted by Crippen LogP contribution is -1.91. The fourth-order valence-electron chi connectivity index (χ4n) is 1.03. The molecule has 0 bridgehead atoms. The van der Waals surface area contributed by atoms with Crippen molar-refractivity contribution >= 4 is 17.7 Å². The zero-order valence-corrected chi connectivity index (χ0v) is 8.18. The normalized spacial score (nSPS) is 10.1. The van der Waals surface area contributed by atoms with Crippen molar-refractivity contribution in [3.05, 3.63) is 17.7 Å². The highest BCUT2D eigenvalue weighted by atomic mass is 32.2. The molecule has 1 aromatic rings. The van der Waals surface area contributed by atoms with Crippen molar-refractivity contribution in [1.82, 2.24) is 0 Å². The van der Waals surface area contributed by atoms with Gasteiger partial charge in [-0.1, -0.05) is 0 Å². The van der Waals surface area contributed by atoms with Crippen molar-refractivity contribution in [3.8, 4) is 5.75 Å². The number of rotatable bonds is 3.